The van der Waals surface area contributed by atoms with Crippen molar-refractivity contribution in [1.82, 2.24) is 4.90 Å². The molecule has 16 heavy (non-hydrogen) atoms. The van der Waals surface area contributed by atoms with E-state index in [2.05, 4.69) is 30.9 Å². The summed E-state index contributed by atoms with van der Waals surface area (Å²) in [6, 6.07) is 5.24. The van der Waals surface area contributed by atoms with E-state index in [4.69, 9.17) is 5.73 Å². The van der Waals surface area contributed by atoms with Crippen molar-refractivity contribution in [3.63, 3.8) is 0 Å². The zero-order valence-corrected chi connectivity index (χ0v) is 11.1. The maximum absolute atomic E-state index is 5.75. The Kier molecular flexibility index (Phi) is 4.00. The van der Waals surface area contributed by atoms with E-state index < -0.39 is 0 Å². The van der Waals surface area contributed by atoms with Gasteiger partial charge in [0.2, 0.25) is 0 Å². The van der Waals surface area contributed by atoms with Crippen LogP contribution < -0.4 is 5.73 Å². The van der Waals surface area contributed by atoms with Crippen LogP contribution in [0, 0.1) is 5.92 Å². The quantitative estimate of drug-likeness (QED) is 0.873. The third-order valence-corrected chi connectivity index (χ3v) is 4.76. The van der Waals surface area contributed by atoms with Gasteiger partial charge in [-0.15, -0.1) is 11.3 Å². The lowest BCUT2D eigenvalue weighted by atomic mass is 10.1. The molecule has 2 nitrogen and oxygen atoms in total. The second kappa shape index (κ2) is 5.30. The molecule has 2 N–H and O–H groups in total. The Labute approximate surface area is 102 Å². The first kappa shape index (κ1) is 12.1. The van der Waals surface area contributed by atoms with Gasteiger partial charge in [-0.25, -0.2) is 0 Å². The molecule has 2 atom stereocenters. The molecule has 2 heterocycles. The van der Waals surface area contributed by atoms with Crippen molar-refractivity contribution in [2.24, 2.45) is 11.7 Å². The Balaban J connectivity index is 1.94. The zero-order valence-electron chi connectivity index (χ0n) is 10.3. The fourth-order valence-corrected chi connectivity index (χ4v) is 3.49. The SMILES string of the molecule is CCc1ccc(CN2CC(CN)CC2C)s1. The summed E-state index contributed by atoms with van der Waals surface area (Å²) in [6.07, 6.45) is 2.42. The first-order chi connectivity index (χ1) is 7.72. The monoisotopic (exact) mass is 238 g/mol. The molecule has 0 aromatic carbocycles. The highest BCUT2D eigenvalue weighted by atomic mass is 32.1. The molecular weight excluding hydrogens is 216 g/mol. The predicted molar refractivity (Wildman–Crippen MR) is 70.7 cm³/mol. The molecule has 1 saturated heterocycles. The largest absolute Gasteiger partial charge is 0.330 e. The lowest BCUT2D eigenvalue weighted by Gasteiger charge is -2.19. The molecule has 0 aliphatic carbocycles. The van der Waals surface area contributed by atoms with Crippen LogP contribution in [-0.4, -0.2) is 24.0 Å². The van der Waals surface area contributed by atoms with Gasteiger partial charge in [0.25, 0.3) is 0 Å². The fraction of sp³-hybridized carbons (Fsp3) is 0.692. The summed E-state index contributed by atoms with van der Waals surface area (Å²) in [4.78, 5) is 5.57. The third kappa shape index (κ3) is 2.65. The molecule has 2 unspecified atom stereocenters. The van der Waals surface area contributed by atoms with Crippen molar-refractivity contribution < 1.29 is 0 Å². The van der Waals surface area contributed by atoms with Gasteiger partial charge in [0.05, 0.1) is 0 Å². The van der Waals surface area contributed by atoms with Gasteiger partial charge in [0.15, 0.2) is 0 Å². The Morgan fingerprint density at radius 2 is 2.19 bits per heavy atom. The molecule has 1 aliphatic heterocycles. The van der Waals surface area contributed by atoms with E-state index in [1.807, 2.05) is 11.3 Å². The van der Waals surface area contributed by atoms with Crippen LogP contribution >= 0.6 is 11.3 Å². The summed E-state index contributed by atoms with van der Waals surface area (Å²) in [5.41, 5.74) is 5.75. The molecule has 2 rings (SSSR count). The summed E-state index contributed by atoms with van der Waals surface area (Å²) in [5.74, 6) is 0.709. The molecule has 0 radical (unpaired) electrons. The van der Waals surface area contributed by atoms with Crippen molar-refractivity contribution in [3.8, 4) is 0 Å². The van der Waals surface area contributed by atoms with E-state index in [-0.39, 0.29) is 0 Å². The van der Waals surface area contributed by atoms with Crippen LogP contribution in [0.15, 0.2) is 12.1 Å². The maximum atomic E-state index is 5.75. The Morgan fingerprint density at radius 3 is 2.75 bits per heavy atom. The third-order valence-electron chi connectivity index (χ3n) is 3.55. The van der Waals surface area contributed by atoms with Gasteiger partial charge in [-0.05, 0) is 44.4 Å². The lowest BCUT2D eigenvalue weighted by Crippen LogP contribution is -2.26. The highest BCUT2D eigenvalue weighted by Crippen LogP contribution is 2.26. The standard InChI is InChI=1S/C13H22N2S/c1-3-12-4-5-13(16-12)9-15-8-11(7-14)6-10(15)2/h4-5,10-11H,3,6-9,14H2,1-2H3. The topological polar surface area (TPSA) is 29.3 Å². The number of nitrogens with zero attached hydrogens (tertiary/aromatic N) is 1. The van der Waals surface area contributed by atoms with E-state index in [9.17, 15) is 0 Å². The Hall–Kier alpha value is -0.380. The molecule has 90 valence electrons. The fourth-order valence-electron chi connectivity index (χ4n) is 2.51. The summed E-state index contributed by atoms with van der Waals surface area (Å²) >= 11 is 1.96. The van der Waals surface area contributed by atoms with Crippen LogP contribution in [0.2, 0.25) is 0 Å². The average Bonchev–Trinajstić information content (AvgIpc) is 2.87. The number of aryl methyl sites for hydroxylation is 1. The molecule has 1 fully saturated rings. The van der Waals surface area contributed by atoms with Crippen LogP contribution in [0.1, 0.15) is 30.0 Å². The van der Waals surface area contributed by atoms with E-state index in [0.717, 1.165) is 19.5 Å². The van der Waals surface area contributed by atoms with Crippen LogP contribution in [0.4, 0.5) is 0 Å². The molecule has 1 aromatic heterocycles. The summed E-state index contributed by atoms with van der Waals surface area (Å²) in [5, 5.41) is 0. The van der Waals surface area contributed by atoms with Gasteiger partial charge in [-0.1, -0.05) is 6.92 Å². The maximum Gasteiger partial charge on any atom is 0.0330 e. The number of rotatable bonds is 4. The molecule has 3 heteroatoms. The zero-order chi connectivity index (χ0) is 11.5. The molecule has 0 spiro atoms. The number of hydrogen-bond acceptors (Lipinski definition) is 3. The van der Waals surface area contributed by atoms with Crippen molar-refractivity contribution in [1.29, 1.82) is 0 Å². The molecule has 1 aliphatic rings. The van der Waals surface area contributed by atoms with E-state index >= 15 is 0 Å². The van der Waals surface area contributed by atoms with Crippen LogP contribution in [-0.2, 0) is 13.0 Å². The minimum atomic E-state index is 0.695. The number of nitrogens with two attached hydrogens (primary N) is 1. The van der Waals surface area contributed by atoms with Crippen molar-refractivity contribution in [2.45, 2.75) is 39.3 Å². The smallest absolute Gasteiger partial charge is 0.0330 e. The predicted octanol–water partition coefficient (Wildman–Crippen LogP) is 2.48. The Morgan fingerprint density at radius 1 is 1.44 bits per heavy atom. The van der Waals surface area contributed by atoms with Gasteiger partial charge in [0, 0.05) is 28.9 Å². The highest BCUT2D eigenvalue weighted by Gasteiger charge is 2.27. The summed E-state index contributed by atoms with van der Waals surface area (Å²) in [7, 11) is 0. The summed E-state index contributed by atoms with van der Waals surface area (Å²) in [6.45, 7) is 7.67. The van der Waals surface area contributed by atoms with Crippen molar-refractivity contribution in [3.05, 3.63) is 21.9 Å². The molecule has 0 saturated carbocycles. The van der Waals surface area contributed by atoms with Crippen LogP contribution in [0.5, 0.6) is 0 Å². The normalized spacial score (nSPS) is 26.4. The van der Waals surface area contributed by atoms with Crippen LogP contribution in [0.3, 0.4) is 0 Å². The minimum absolute atomic E-state index is 0.695. The van der Waals surface area contributed by atoms with Crippen molar-refractivity contribution in [2.75, 3.05) is 13.1 Å². The minimum Gasteiger partial charge on any atom is -0.330 e. The van der Waals surface area contributed by atoms with E-state index in [0.29, 0.717) is 12.0 Å². The lowest BCUT2D eigenvalue weighted by molar-refractivity contribution is 0.258. The van der Waals surface area contributed by atoms with Gasteiger partial charge in [0.1, 0.15) is 0 Å². The molecule has 1 aromatic rings. The van der Waals surface area contributed by atoms with Crippen molar-refractivity contribution >= 4 is 11.3 Å². The first-order valence-electron chi connectivity index (χ1n) is 6.24. The van der Waals surface area contributed by atoms with Gasteiger partial charge in [-0.2, -0.15) is 0 Å². The van der Waals surface area contributed by atoms with Gasteiger partial charge in [-0.3, -0.25) is 4.90 Å². The van der Waals surface area contributed by atoms with Crippen LogP contribution in [0.25, 0.3) is 0 Å². The summed E-state index contributed by atoms with van der Waals surface area (Å²) < 4.78 is 0. The van der Waals surface area contributed by atoms with Gasteiger partial charge >= 0.3 is 0 Å². The molecular formula is C13H22N2S. The molecule has 0 bridgehead atoms. The van der Waals surface area contributed by atoms with E-state index in [1.54, 1.807) is 0 Å². The van der Waals surface area contributed by atoms with Gasteiger partial charge < -0.3 is 5.73 Å². The highest BCUT2D eigenvalue weighted by molar-refractivity contribution is 7.11. The molecule has 0 amide bonds. The average molecular weight is 238 g/mol. The number of likely N-dealkylation sites (tertiary alicyclic amines) is 1. The second-order valence-electron chi connectivity index (χ2n) is 4.84. The Bertz CT molecular complexity index is 334. The number of thiophene rings is 1. The second-order valence-corrected chi connectivity index (χ2v) is 6.09. The van der Waals surface area contributed by atoms with E-state index in [1.165, 1.54) is 22.7 Å². The first-order valence-corrected chi connectivity index (χ1v) is 7.06. The number of hydrogen-bond donors (Lipinski definition) is 1.